The van der Waals surface area contributed by atoms with Crippen LogP contribution in [-0.2, 0) is 13.0 Å². The molecule has 1 aliphatic rings. The summed E-state index contributed by atoms with van der Waals surface area (Å²) in [6.07, 6.45) is 5.82. The van der Waals surface area contributed by atoms with Crippen molar-refractivity contribution >= 4 is 33.3 Å². The van der Waals surface area contributed by atoms with Gasteiger partial charge in [-0.25, -0.2) is 4.98 Å². The van der Waals surface area contributed by atoms with Crippen molar-refractivity contribution in [1.82, 2.24) is 25.1 Å². The number of hydrogen-bond donors (Lipinski definition) is 3. The van der Waals surface area contributed by atoms with Crippen LogP contribution in [0.3, 0.4) is 0 Å². The largest absolute Gasteiger partial charge is 0.387 e. The molecular weight excluding hydrogens is 412 g/mol. The molecule has 164 valence electrons. The zero-order chi connectivity index (χ0) is 22.2. The summed E-state index contributed by atoms with van der Waals surface area (Å²) in [6.45, 7) is 2.24. The third-order valence-electron chi connectivity index (χ3n) is 6.36. The van der Waals surface area contributed by atoms with E-state index in [2.05, 4.69) is 48.6 Å². The lowest BCUT2D eigenvalue weighted by Gasteiger charge is -2.31. The Labute approximate surface area is 191 Å². The normalized spacial score (nSPS) is 14.9. The van der Waals surface area contributed by atoms with Crippen molar-refractivity contribution in [3.63, 3.8) is 0 Å². The molecule has 2 aromatic carbocycles. The highest BCUT2D eigenvalue weighted by atomic mass is 16.3. The molecule has 0 radical (unpaired) electrons. The number of hydrogen-bond acceptors (Lipinski definition) is 6. The average Bonchev–Trinajstić information content (AvgIpc) is 3.32. The smallest absolute Gasteiger partial charge is 0.133 e. The summed E-state index contributed by atoms with van der Waals surface area (Å²) in [5, 5.41) is 23.4. The predicted molar refractivity (Wildman–Crippen MR) is 129 cm³/mol. The van der Waals surface area contributed by atoms with Crippen LogP contribution in [0.4, 0.5) is 11.5 Å². The van der Waals surface area contributed by atoms with Gasteiger partial charge in [-0.05, 0) is 47.9 Å². The number of fused-ring (bicyclic) bond motifs is 3. The van der Waals surface area contributed by atoms with Crippen LogP contribution in [0.5, 0.6) is 0 Å². The standard InChI is InChI=1S/C26H24N6O/c33-25(18-5-6-24-20(11-18)13-29-31-24)16-32-10-8-22-19(15-32)7-9-27-26(22)30-21-12-17-3-1-2-4-23(17)28-14-21/h1-7,9,11-14,25,33H,8,10,15-16H2,(H,27,30)(H,29,31). The van der Waals surface area contributed by atoms with E-state index in [9.17, 15) is 5.11 Å². The number of pyridine rings is 2. The van der Waals surface area contributed by atoms with E-state index >= 15 is 0 Å². The quantitative estimate of drug-likeness (QED) is 0.380. The molecule has 3 N–H and O–H groups in total. The Morgan fingerprint density at radius 3 is 2.94 bits per heavy atom. The molecule has 0 saturated heterocycles. The summed E-state index contributed by atoms with van der Waals surface area (Å²) in [5.74, 6) is 0.884. The summed E-state index contributed by atoms with van der Waals surface area (Å²) in [5.41, 5.74) is 6.28. The Bertz CT molecular complexity index is 1450. The van der Waals surface area contributed by atoms with Crippen molar-refractivity contribution in [1.29, 1.82) is 0 Å². The first kappa shape index (κ1) is 19.8. The minimum absolute atomic E-state index is 0.547. The number of para-hydroxylation sites is 1. The van der Waals surface area contributed by atoms with E-state index in [1.807, 2.05) is 48.8 Å². The Morgan fingerprint density at radius 2 is 1.97 bits per heavy atom. The van der Waals surface area contributed by atoms with Gasteiger partial charge in [0.1, 0.15) is 5.82 Å². The van der Waals surface area contributed by atoms with Crippen LogP contribution >= 0.6 is 0 Å². The summed E-state index contributed by atoms with van der Waals surface area (Å²) in [6, 6.07) is 18.2. The lowest BCUT2D eigenvalue weighted by molar-refractivity contribution is 0.106. The van der Waals surface area contributed by atoms with Gasteiger partial charge in [0.25, 0.3) is 0 Å². The first-order chi connectivity index (χ1) is 16.2. The average molecular weight is 437 g/mol. The van der Waals surface area contributed by atoms with Crippen LogP contribution < -0.4 is 5.32 Å². The van der Waals surface area contributed by atoms with Crippen molar-refractivity contribution in [2.75, 3.05) is 18.4 Å². The van der Waals surface area contributed by atoms with Gasteiger partial charge in [-0.15, -0.1) is 0 Å². The second kappa shape index (κ2) is 8.27. The van der Waals surface area contributed by atoms with Crippen LogP contribution in [0.15, 0.2) is 73.2 Å². The Kier molecular flexibility index (Phi) is 4.97. The number of aliphatic hydroxyl groups is 1. The van der Waals surface area contributed by atoms with Crippen LogP contribution in [0.1, 0.15) is 22.8 Å². The molecule has 6 rings (SSSR count). The highest BCUT2D eigenvalue weighted by Crippen LogP contribution is 2.29. The number of anilines is 2. The van der Waals surface area contributed by atoms with Crippen molar-refractivity contribution in [2.24, 2.45) is 0 Å². The number of β-amino-alcohol motifs (C(OH)–C–C–N with tert-alkyl or cyclic N) is 1. The van der Waals surface area contributed by atoms with E-state index in [0.717, 1.165) is 58.4 Å². The highest BCUT2D eigenvalue weighted by Gasteiger charge is 2.22. The van der Waals surface area contributed by atoms with Crippen molar-refractivity contribution < 1.29 is 5.11 Å². The highest BCUT2D eigenvalue weighted by molar-refractivity contribution is 5.82. The van der Waals surface area contributed by atoms with Gasteiger partial charge in [0, 0.05) is 42.2 Å². The van der Waals surface area contributed by atoms with Crippen molar-refractivity contribution in [2.45, 2.75) is 19.1 Å². The molecule has 0 saturated carbocycles. The number of nitrogens with one attached hydrogen (secondary N) is 2. The number of nitrogens with zero attached hydrogens (tertiary/aromatic N) is 4. The third kappa shape index (κ3) is 3.92. The van der Waals surface area contributed by atoms with Crippen LogP contribution in [-0.4, -0.2) is 43.3 Å². The lowest BCUT2D eigenvalue weighted by atomic mass is 9.99. The molecule has 4 heterocycles. The number of rotatable bonds is 5. The number of aromatic amines is 1. The fourth-order valence-electron chi connectivity index (χ4n) is 4.61. The fourth-order valence-corrected chi connectivity index (χ4v) is 4.61. The van der Waals surface area contributed by atoms with Gasteiger partial charge in [0.2, 0.25) is 0 Å². The minimum atomic E-state index is -0.547. The first-order valence-corrected chi connectivity index (χ1v) is 11.1. The lowest BCUT2D eigenvalue weighted by Crippen LogP contribution is -2.34. The Hall–Kier alpha value is -3.81. The topological polar surface area (TPSA) is 90.0 Å². The molecule has 0 fully saturated rings. The summed E-state index contributed by atoms with van der Waals surface area (Å²) in [4.78, 5) is 11.5. The monoisotopic (exact) mass is 436 g/mol. The molecular formula is C26H24N6O. The van der Waals surface area contributed by atoms with Crippen molar-refractivity contribution in [3.05, 3.63) is 89.9 Å². The molecule has 1 aliphatic heterocycles. The predicted octanol–water partition coefficient (Wildman–Crippen LogP) is 4.34. The molecule has 7 heteroatoms. The zero-order valence-electron chi connectivity index (χ0n) is 18.1. The van der Waals surface area contributed by atoms with E-state index < -0.39 is 6.10 Å². The number of H-pyrrole nitrogens is 1. The van der Waals surface area contributed by atoms with Gasteiger partial charge in [-0.1, -0.05) is 24.3 Å². The molecule has 0 spiro atoms. The summed E-state index contributed by atoms with van der Waals surface area (Å²) in [7, 11) is 0. The number of aliphatic hydroxyl groups excluding tert-OH is 1. The van der Waals surface area contributed by atoms with E-state index in [1.165, 1.54) is 11.1 Å². The van der Waals surface area contributed by atoms with Gasteiger partial charge in [0.05, 0.1) is 35.2 Å². The van der Waals surface area contributed by atoms with Gasteiger partial charge >= 0.3 is 0 Å². The molecule has 0 bridgehead atoms. The maximum absolute atomic E-state index is 10.8. The molecule has 3 aromatic heterocycles. The van der Waals surface area contributed by atoms with Crippen LogP contribution in [0.2, 0.25) is 0 Å². The number of aromatic nitrogens is 4. The SMILES string of the molecule is OC(CN1CCc2c(ccnc2Nc2cnc3ccccc3c2)C1)c1ccc2[nH]ncc2c1. The maximum atomic E-state index is 10.8. The van der Waals surface area contributed by atoms with E-state index in [0.29, 0.717) is 6.54 Å². The van der Waals surface area contributed by atoms with Gasteiger partial charge in [-0.3, -0.25) is 15.0 Å². The maximum Gasteiger partial charge on any atom is 0.133 e. The second-order valence-electron chi connectivity index (χ2n) is 8.56. The fraction of sp³-hybridized carbons (Fsp3) is 0.192. The first-order valence-electron chi connectivity index (χ1n) is 11.1. The molecule has 1 unspecified atom stereocenters. The van der Waals surface area contributed by atoms with Gasteiger partial charge in [0.15, 0.2) is 0 Å². The van der Waals surface area contributed by atoms with Crippen molar-refractivity contribution in [3.8, 4) is 0 Å². The zero-order valence-corrected chi connectivity index (χ0v) is 18.1. The van der Waals surface area contributed by atoms with Gasteiger partial charge < -0.3 is 10.4 Å². The molecule has 0 aliphatic carbocycles. The Balaban J connectivity index is 1.18. The van der Waals surface area contributed by atoms with E-state index in [1.54, 1.807) is 6.20 Å². The minimum Gasteiger partial charge on any atom is -0.387 e. The Morgan fingerprint density at radius 1 is 1.03 bits per heavy atom. The van der Waals surface area contributed by atoms with E-state index in [-0.39, 0.29) is 0 Å². The molecule has 5 aromatic rings. The van der Waals surface area contributed by atoms with Crippen LogP contribution in [0, 0.1) is 0 Å². The van der Waals surface area contributed by atoms with Gasteiger partial charge in [-0.2, -0.15) is 5.10 Å². The second-order valence-corrected chi connectivity index (χ2v) is 8.56. The molecule has 0 amide bonds. The summed E-state index contributed by atoms with van der Waals surface area (Å²) >= 11 is 0. The molecule has 7 nitrogen and oxygen atoms in total. The molecule has 33 heavy (non-hydrogen) atoms. The number of benzene rings is 2. The third-order valence-corrected chi connectivity index (χ3v) is 6.36. The van der Waals surface area contributed by atoms with E-state index in [4.69, 9.17) is 0 Å². The summed E-state index contributed by atoms with van der Waals surface area (Å²) < 4.78 is 0. The molecule has 1 atom stereocenters. The van der Waals surface area contributed by atoms with Crippen LogP contribution in [0.25, 0.3) is 21.8 Å².